The summed E-state index contributed by atoms with van der Waals surface area (Å²) in [6.07, 6.45) is 0. The predicted octanol–water partition coefficient (Wildman–Crippen LogP) is 4.32. The van der Waals surface area contributed by atoms with Crippen molar-refractivity contribution >= 4 is 39.1 Å². The minimum absolute atomic E-state index is 0.0560. The Balaban J connectivity index is 2.02. The zero-order valence-corrected chi connectivity index (χ0v) is 22.3. The first-order valence-electron chi connectivity index (χ1n) is 11.4. The molecular formula is C27H30ClN3O4S. The summed E-state index contributed by atoms with van der Waals surface area (Å²) in [4.78, 5) is 27.6. The molecule has 0 heterocycles. The SMILES string of the molecule is CNC(=O)C(C)N(Cc1cccc(C)c1)C(=O)CN(c1ccc(Cl)cc1)S(=O)(=O)c1ccc(C)cc1. The van der Waals surface area contributed by atoms with Crippen LogP contribution >= 0.6 is 11.6 Å². The topological polar surface area (TPSA) is 86.8 Å². The van der Waals surface area contributed by atoms with Crippen molar-refractivity contribution in [3.05, 3.63) is 94.5 Å². The highest BCUT2D eigenvalue weighted by atomic mass is 35.5. The van der Waals surface area contributed by atoms with Gasteiger partial charge in [-0.25, -0.2) is 8.42 Å². The lowest BCUT2D eigenvalue weighted by molar-refractivity contribution is -0.139. The summed E-state index contributed by atoms with van der Waals surface area (Å²) in [5.74, 6) is -0.867. The largest absolute Gasteiger partial charge is 0.357 e. The van der Waals surface area contributed by atoms with Gasteiger partial charge in [0.25, 0.3) is 10.0 Å². The number of anilines is 1. The molecule has 1 atom stereocenters. The Morgan fingerprint density at radius 2 is 1.58 bits per heavy atom. The van der Waals surface area contributed by atoms with E-state index in [4.69, 9.17) is 11.6 Å². The van der Waals surface area contributed by atoms with Gasteiger partial charge in [-0.1, -0.05) is 59.1 Å². The Labute approximate surface area is 217 Å². The quantitative estimate of drug-likeness (QED) is 0.449. The van der Waals surface area contributed by atoms with Crippen molar-refractivity contribution in [2.75, 3.05) is 17.9 Å². The van der Waals surface area contributed by atoms with Crippen LogP contribution < -0.4 is 9.62 Å². The molecule has 3 aromatic carbocycles. The Kier molecular flexibility index (Phi) is 8.76. The number of amides is 2. The van der Waals surface area contributed by atoms with Crippen molar-refractivity contribution in [2.45, 2.75) is 38.3 Å². The smallest absolute Gasteiger partial charge is 0.264 e. The average Bonchev–Trinajstić information content (AvgIpc) is 2.85. The molecule has 1 N–H and O–H groups in total. The fourth-order valence-electron chi connectivity index (χ4n) is 3.77. The Hall–Kier alpha value is -3.36. The highest BCUT2D eigenvalue weighted by Crippen LogP contribution is 2.26. The van der Waals surface area contributed by atoms with Crippen LogP contribution in [0.2, 0.25) is 5.02 Å². The fraction of sp³-hybridized carbons (Fsp3) is 0.259. The van der Waals surface area contributed by atoms with Crippen LogP contribution in [0, 0.1) is 13.8 Å². The van der Waals surface area contributed by atoms with Crippen LogP contribution in [-0.2, 0) is 26.2 Å². The molecule has 9 heteroatoms. The Morgan fingerprint density at radius 1 is 0.944 bits per heavy atom. The first kappa shape index (κ1) is 27.2. The maximum absolute atomic E-state index is 13.7. The number of hydrogen-bond donors (Lipinski definition) is 1. The molecule has 0 aromatic heterocycles. The van der Waals surface area contributed by atoms with Gasteiger partial charge in [0.05, 0.1) is 10.6 Å². The second-order valence-corrected chi connectivity index (χ2v) is 10.9. The lowest BCUT2D eigenvalue weighted by Crippen LogP contribution is -2.50. The average molecular weight is 528 g/mol. The number of carbonyl (C=O) groups is 2. The van der Waals surface area contributed by atoms with Crippen LogP contribution in [0.15, 0.2) is 77.7 Å². The molecule has 0 spiro atoms. The number of halogens is 1. The van der Waals surface area contributed by atoms with Crippen molar-refractivity contribution in [1.82, 2.24) is 10.2 Å². The molecule has 2 amide bonds. The number of hydrogen-bond acceptors (Lipinski definition) is 4. The van der Waals surface area contributed by atoms with E-state index >= 15 is 0 Å². The van der Waals surface area contributed by atoms with Crippen LogP contribution in [-0.4, -0.2) is 44.8 Å². The van der Waals surface area contributed by atoms with Crippen LogP contribution in [0.25, 0.3) is 0 Å². The molecule has 3 aromatic rings. The Morgan fingerprint density at radius 3 is 2.17 bits per heavy atom. The van der Waals surface area contributed by atoms with E-state index in [0.29, 0.717) is 5.02 Å². The van der Waals surface area contributed by atoms with E-state index in [1.807, 2.05) is 38.1 Å². The monoisotopic (exact) mass is 527 g/mol. The normalized spacial score (nSPS) is 12.0. The lowest BCUT2D eigenvalue weighted by atomic mass is 10.1. The third kappa shape index (κ3) is 6.44. The summed E-state index contributed by atoms with van der Waals surface area (Å²) in [7, 11) is -2.61. The number of benzene rings is 3. The number of sulfonamides is 1. The molecule has 0 radical (unpaired) electrons. The van der Waals surface area contributed by atoms with Crippen molar-refractivity contribution in [2.24, 2.45) is 0 Å². The number of likely N-dealkylation sites (N-methyl/N-ethyl adjacent to an activating group) is 1. The summed E-state index contributed by atoms with van der Waals surface area (Å²) in [6, 6.07) is 19.4. The molecule has 0 saturated heterocycles. The molecule has 0 aliphatic carbocycles. The number of aryl methyl sites for hydroxylation is 2. The summed E-state index contributed by atoms with van der Waals surface area (Å²) in [5.41, 5.74) is 3.04. The Bertz CT molecular complexity index is 1330. The molecule has 7 nitrogen and oxygen atoms in total. The van der Waals surface area contributed by atoms with Gasteiger partial charge < -0.3 is 10.2 Å². The van der Waals surface area contributed by atoms with Crippen LogP contribution in [0.1, 0.15) is 23.6 Å². The summed E-state index contributed by atoms with van der Waals surface area (Å²) < 4.78 is 28.4. The standard InChI is InChI=1S/C27H30ClN3O4S/c1-19-8-14-25(15-9-19)36(34,35)31(24-12-10-23(28)11-13-24)18-26(32)30(21(3)27(33)29-4)17-22-7-5-6-20(2)16-22/h5-16,21H,17-18H2,1-4H3,(H,29,33). The van der Waals surface area contributed by atoms with E-state index < -0.39 is 28.5 Å². The highest BCUT2D eigenvalue weighted by molar-refractivity contribution is 7.92. The first-order valence-corrected chi connectivity index (χ1v) is 13.3. The van der Waals surface area contributed by atoms with E-state index in [1.54, 1.807) is 43.3 Å². The van der Waals surface area contributed by atoms with E-state index in [1.165, 1.54) is 24.1 Å². The van der Waals surface area contributed by atoms with Gasteiger partial charge in [-0.2, -0.15) is 0 Å². The second-order valence-electron chi connectivity index (χ2n) is 8.60. The number of nitrogens with zero attached hydrogens (tertiary/aromatic N) is 2. The van der Waals surface area contributed by atoms with Crippen LogP contribution in [0.5, 0.6) is 0 Å². The molecule has 36 heavy (non-hydrogen) atoms. The van der Waals surface area contributed by atoms with E-state index in [9.17, 15) is 18.0 Å². The fourth-order valence-corrected chi connectivity index (χ4v) is 5.31. The predicted molar refractivity (Wildman–Crippen MR) is 142 cm³/mol. The second kappa shape index (κ2) is 11.6. The maximum Gasteiger partial charge on any atom is 0.264 e. The number of rotatable bonds is 9. The van der Waals surface area contributed by atoms with E-state index in [2.05, 4.69) is 5.32 Å². The molecule has 3 rings (SSSR count). The zero-order valence-electron chi connectivity index (χ0n) is 20.7. The van der Waals surface area contributed by atoms with Gasteiger partial charge in [-0.3, -0.25) is 13.9 Å². The molecule has 190 valence electrons. The molecule has 0 aliphatic rings. The van der Waals surface area contributed by atoms with Crippen molar-refractivity contribution in [1.29, 1.82) is 0 Å². The lowest BCUT2D eigenvalue weighted by Gasteiger charge is -2.31. The van der Waals surface area contributed by atoms with E-state index in [-0.39, 0.29) is 23.0 Å². The first-order chi connectivity index (χ1) is 17.0. The molecule has 1 unspecified atom stereocenters. The maximum atomic E-state index is 13.7. The number of nitrogens with one attached hydrogen (secondary N) is 1. The van der Waals surface area contributed by atoms with Gasteiger partial charge in [-0.05, 0) is 62.7 Å². The van der Waals surface area contributed by atoms with Crippen molar-refractivity contribution < 1.29 is 18.0 Å². The van der Waals surface area contributed by atoms with Crippen molar-refractivity contribution in [3.63, 3.8) is 0 Å². The van der Waals surface area contributed by atoms with Crippen LogP contribution in [0.3, 0.4) is 0 Å². The van der Waals surface area contributed by atoms with Gasteiger partial charge in [0.1, 0.15) is 12.6 Å². The molecule has 0 fully saturated rings. The van der Waals surface area contributed by atoms with Gasteiger partial charge in [0.2, 0.25) is 11.8 Å². The van der Waals surface area contributed by atoms with Gasteiger partial charge in [0, 0.05) is 18.6 Å². The summed E-state index contributed by atoms with van der Waals surface area (Å²) >= 11 is 6.03. The zero-order chi connectivity index (χ0) is 26.5. The summed E-state index contributed by atoms with van der Waals surface area (Å²) in [5, 5.41) is 3.01. The third-order valence-corrected chi connectivity index (χ3v) is 7.89. The summed E-state index contributed by atoms with van der Waals surface area (Å²) in [6.45, 7) is 5.07. The minimum Gasteiger partial charge on any atom is -0.357 e. The molecule has 0 saturated carbocycles. The van der Waals surface area contributed by atoms with Crippen molar-refractivity contribution in [3.8, 4) is 0 Å². The highest BCUT2D eigenvalue weighted by Gasteiger charge is 2.32. The number of carbonyl (C=O) groups excluding carboxylic acids is 2. The van der Waals surface area contributed by atoms with Gasteiger partial charge in [-0.15, -0.1) is 0 Å². The van der Waals surface area contributed by atoms with Gasteiger partial charge in [0.15, 0.2) is 0 Å². The molecular weight excluding hydrogens is 498 g/mol. The van der Waals surface area contributed by atoms with Crippen LogP contribution in [0.4, 0.5) is 5.69 Å². The molecule has 0 aliphatic heterocycles. The minimum atomic E-state index is -4.10. The molecule has 0 bridgehead atoms. The van der Waals surface area contributed by atoms with Gasteiger partial charge >= 0.3 is 0 Å². The van der Waals surface area contributed by atoms with E-state index in [0.717, 1.165) is 21.0 Å². The third-order valence-electron chi connectivity index (χ3n) is 5.85.